The van der Waals surface area contributed by atoms with Crippen molar-refractivity contribution < 1.29 is 0 Å². The van der Waals surface area contributed by atoms with Gasteiger partial charge in [0.2, 0.25) is 0 Å². The average Bonchev–Trinajstić information content (AvgIpc) is 2.76. The molecule has 29 heavy (non-hydrogen) atoms. The zero-order valence-electron chi connectivity index (χ0n) is 21.6. The molecule has 0 bridgehead atoms. The van der Waals surface area contributed by atoms with Crippen LogP contribution in [0.1, 0.15) is 170 Å². The molecule has 0 aliphatic rings. The maximum absolute atomic E-state index is 2.50. The first kappa shape index (κ1) is 29.5. The molecule has 0 saturated carbocycles. The van der Waals surface area contributed by atoms with Crippen LogP contribution < -0.4 is 0 Å². The van der Waals surface area contributed by atoms with Crippen molar-refractivity contribution in [1.29, 1.82) is 0 Å². The van der Waals surface area contributed by atoms with Crippen LogP contribution in [0.5, 0.6) is 0 Å². The van der Waals surface area contributed by atoms with Crippen LogP contribution in [-0.2, 0) is 0 Å². The molecule has 0 aliphatic heterocycles. The Bertz CT molecular complexity index is 295. The number of hydrogen-bond acceptors (Lipinski definition) is 0. The molecule has 0 rings (SSSR count). The summed E-state index contributed by atoms with van der Waals surface area (Å²) < 4.78 is 1.34. The van der Waals surface area contributed by atoms with Gasteiger partial charge in [0.25, 0.3) is 0 Å². The summed E-state index contributed by atoms with van der Waals surface area (Å²) in [7, 11) is 0. The molecule has 0 nitrogen and oxygen atoms in total. The first-order valence-corrected chi connectivity index (χ1v) is 15.5. The first-order chi connectivity index (χ1) is 14.1. The van der Waals surface area contributed by atoms with Crippen molar-refractivity contribution in [2.45, 2.75) is 179 Å². The molecular formula is C28H58Se. The van der Waals surface area contributed by atoms with E-state index >= 15 is 0 Å². The molecule has 0 heterocycles. The van der Waals surface area contributed by atoms with E-state index < -0.39 is 0 Å². The molecule has 0 N–H and O–H groups in total. The van der Waals surface area contributed by atoms with E-state index in [1.807, 2.05) is 0 Å². The van der Waals surface area contributed by atoms with Crippen LogP contribution in [0, 0.1) is 0 Å². The Hall–Kier alpha value is 0.519. The van der Waals surface area contributed by atoms with Gasteiger partial charge in [0.15, 0.2) is 0 Å². The van der Waals surface area contributed by atoms with Crippen molar-refractivity contribution >= 4 is 15.0 Å². The molecule has 0 aromatic carbocycles. The Balaban J connectivity index is 4.51. The second-order valence-corrected chi connectivity index (χ2v) is 13.7. The zero-order chi connectivity index (χ0) is 21.8. The second-order valence-electron chi connectivity index (χ2n) is 9.62. The topological polar surface area (TPSA) is 0 Å². The number of rotatable bonds is 22. The molecule has 0 amide bonds. The Morgan fingerprint density at radius 3 is 0.931 bits per heavy atom. The third kappa shape index (κ3) is 13.5. The first-order valence-electron chi connectivity index (χ1n) is 13.8. The molecule has 0 spiro atoms. The van der Waals surface area contributed by atoms with Gasteiger partial charge in [0.1, 0.15) is 0 Å². The number of hydrogen-bond donors (Lipinski definition) is 0. The van der Waals surface area contributed by atoms with Crippen LogP contribution in [-0.4, -0.2) is 15.0 Å². The van der Waals surface area contributed by atoms with Crippen LogP contribution in [0.15, 0.2) is 0 Å². The van der Waals surface area contributed by atoms with E-state index in [4.69, 9.17) is 0 Å². The molecule has 0 saturated heterocycles. The van der Waals surface area contributed by atoms with E-state index in [1.165, 1.54) is 128 Å². The fourth-order valence-corrected chi connectivity index (χ4v) is 9.04. The summed E-state index contributed by atoms with van der Waals surface area (Å²) >= 11 is 0.789. The summed E-state index contributed by atoms with van der Waals surface area (Å²) in [4.78, 5) is 0. The third-order valence-electron chi connectivity index (χ3n) is 7.48. The van der Waals surface area contributed by atoms with Crippen molar-refractivity contribution in [2.24, 2.45) is 0 Å². The minimum atomic E-state index is 0.670. The normalized spacial score (nSPS) is 12.6. The average molecular weight is 474 g/mol. The summed E-state index contributed by atoms with van der Waals surface area (Å²) in [6, 6.07) is 0. The monoisotopic (exact) mass is 474 g/mol. The van der Waals surface area contributed by atoms with Gasteiger partial charge in [-0.05, 0) is 0 Å². The van der Waals surface area contributed by atoms with Gasteiger partial charge in [-0.15, -0.1) is 0 Å². The van der Waals surface area contributed by atoms with Gasteiger partial charge in [0.05, 0.1) is 0 Å². The summed E-state index contributed by atoms with van der Waals surface area (Å²) in [6.07, 6.45) is 29.0. The van der Waals surface area contributed by atoms with E-state index in [1.54, 1.807) is 0 Å². The van der Waals surface area contributed by atoms with Gasteiger partial charge in [-0.1, -0.05) is 0 Å². The molecule has 0 unspecified atom stereocenters. The van der Waals surface area contributed by atoms with Crippen molar-refractivity contribution in [2.75, 3.05) is 0 Å². The van der Waals surface area contributed by atoms with Crippen LogP contribution in [0.4, 0.5) is 0 Å². The molecule has 1 heteroatoms. The van der Waals surface area contributed by atoms with Gasteiger partial charge < -0.3 is 0 Å². The molecule has 0 fully saturated rings. The second kappa shape index (κ2) is 19.2. The predicted molar refractivity (Wildman–Crippen MR) is 138 cm³/mol. The van der Waals surface area contributed by atoms with Crippen molar-refractivity contribution in [3.8, 4) is 0 Å². The van der Waals surface area contributed by atoms with Crippen LogP contribution in [0.3, 0.4) is 0 Å². The summed E-state index contributed by atoms with van der Waals surface area (Å²) in [6.45, 7) is 14.6. The molecule has 0 radical (unpaired) electrons. The Labute approximate surface area is 193 Å². The number of unbranched alkanes of at least 4 members (excludes halogenated alkanes) is 12. The summed E-state index contributed by atoms with van der Waals surface area (Å²) in [5.74, 6) is 0. The molecule has 176 valence electrons. The van der Waals surface area contributed by atoms with Crippen molar-refractivity contribution in [1.82, 2.24) is 0 Å². The molecule has 0 aromatic heterocycles. The van der Waals surface area contributed by atoms with E-state index in [-0.39, 0.29) is 0 Å². The third-order valence-corrected chi connectivity index (χ3v) is 12.6. The quantitative estimate of drug-likeness (QED) is 0.108. The Morgan fingerprint density at radius 2 is 0.655 bits per heavy atom. The van der Waals surface area contributed by atoms with Gasteiger partial charge in [-0.3, -0.25) is 0 Å². The molecule has 0 aliphatic carbocycles. The van der Waals surface area contributed by atoms with Gasteiger partial charge in [-0.25, -0.2) is 0 Å². The Kier molecular flexibility index (Phi) is 19.6. The summed E-state index contributed by atoms with van der Waals surface area (Å²) in [5.41, 5.74) is 0. The molecular weight excluding hydrogens is 415 g/mol. The zero-order valence-corrected chi connectivity index (χ0v) is 23.3. The fraction of sp³-hybridized carbons (Fsp3) is 1.00. The van der Waals surface area contributed by atoms with Crippen molar-refractivity contribution in [3.63, 3.8) is 0 Å². The maximum atomic E-state index is 2.50. The SMILES string of the molecule is CCCCCCCCCC(CC)(CC)[Se]C(CC)(CC)CCCCCCCCC. The van der Waals surface area contributed by atoms with E-state index in [9.17, 15) is 0 Å². The Morgan fingerprint density at radius 1 is 0.379 bits per heavy atom. The van der Waals surface area contributed by atoms with Crippen LogP contribution in [0.25, 0.3) is 0 Å². The molecule has 0 atom stereocenters. The van der Waals surface area contributed by atoms with E-state index in [0.29, 0.717) is 8.63 Å². The van der Waals surface area contributed by atoms with Gasteiger partial charge in [0, 0.05) is 0 Å². The predicted octanol–water partition coefficient (Wildman–Crippen LogP) is 10.9. The van der Waals surface area contributed by atoms with E-state index in [2.05, 4.69) is 41.5 Å². The van der Waals surface area contributed by atoms with Crippen LogP contribution in [0.2, 0.25) is 8.63 Å². The fourth-order valence-electron chi connectivity index (χ4n) is 4.87. The van der Waals surface area contributed by atoms with Crippen LogP contribution >= 0.6 is 0 Å². The van der Waals surface area contributed by atoms with Gasteiger partial charge >= 0.3 is 194 Å². The standard InChI is InChI=1S/C28H58Se/c1-7-13-15-17-19-21-23-25-27(9-3,10-4)29-28(11-5,12-6)26-24-22-20-18-16-14-8-2/h7-26H2,1-6H3. The summed E-state index contributed by atoms with van der Waals surface area (Å²) in [5, 5.41) is 0. The minimum absolute atomic E-state index is 0.670. The van der Waals surface area contributed by atoms with Gasteiger partial charge in [-0.2, -0.15) is 0 Å². The molecule has 0 aromatic rings. The van der Waals surface area contributed by atoms with Crippen molar-refractivity contribution in [3.05, 3.63) is 0 Å². The van der Waals surface area contributed by atoms with E-state index in [0.717, 1.165) is 15.0 Å².